The second-order valence-electron chi connectivity index (χ2n) is 4.40. The lowest BCUT2D eigenvalue weighted by Crippen LogP contribution is -1.86. The second-order valence-corrected chi connectivity index (χ2v) is 5.15. The summed E-state index contributed by atoms with van der Waals surface area (Å²) < 4.78 is 2.81. The van der Waals surface area contributed by atoms with Gasteiger partial charge in [0.05, 0.1) is 10.6 Å². The molecule has 0 spiro atoms. The van der Waals surface area contributed by atoms with Gasteiger partial charge in [-0.3, -0.25) is 14.5 Å². The van der Waals surface area contributed by atoms with Crippen molar-refractivity contribution in [3.05, 3.63) is 74.6 Å². The van der Waals surface area contributed by atoms with Crippen LogP contribution in [0.5, 0.6) is 0 Å². The van der Waals surface area contributed by atoms with Gasteiger partial charge in [-0.2, -0.15) is 0 Å². The molecule has 0 fully saturated rings. The summed E-state index contributed by atoms with van der Waals surface area (Å²) in [6, 6.07) is 12.2. The lowest BCUT2D eigenvalue weighted by atomic mass is 10.2. The first kappa shape index (κ1) is 13.5. The third kappa shape index (κ3) is 2.71. The van der Waals surface area contributed by atoms with Crippen molar-refractivity contribution < 1.29 is 4.92 Å². The number of rotatable bonds is 3. The van der Waals surface area contributed by atoms with Crippen LogP contribution >= 0.6 is 15.9 Å². The highest BCUT2D eigenvalue weighted by atomic mass is 79.9. The number of fused-ring (bicyclic) bond motifs is 1. The Morgan fingerprint density at radius 1 is 1.14 bits per heavy atom. The summed E-state index contributed by atoms with van der Waals surface area (Å²) in [4.78, 5) is 14.7. The average molecular weight is 344 g/mol. The Labute approximate surface area is 128 Å². The molecule has 0 N–H and O–H groups in total. The maximum absolute atomic E-state index is 10.6. The van der Waals surface area contributed by atoms with Gasteiger partial charge in [0, 0.05) is 18.3 Å². The van der Waals surface area contributed by atoms with E-state index in [0.29, 0.717) is 0 Å². The molecule has 104 valence electrons. The number of nitro groups is 1. The molecule has 0 aliphatic rings. The summed E-state index contributed by atoms with van der Waals surface area (Å²) in [6.45, 7) is 0. The van der Waals surface area contributed by atoms with Crippen LogP contribution in [-0.2, 0) is 0 Å². The first-order chi connectivity index (χ1) is 10.1. The van der Waals surface area contributed by atoms with Gasteiger partial charge in [0.15, 0.2) is 0 Å². The van der Waals surface area contributed by atoms with E-state index in [-0.39, 0.29) is 5.69 Å². The van der Waals surface area contributed by atoms with E-state index in [1.807, 2.05) is 40.9 Å². The lowest BCUT2D eigenvalue weighted by molar-refractivity contribution is -0.384. The summed E-state index contributed by atoms with van der Waals surface area (Å²) in [5.74, 6) is 0. The third-order valence-corrected chi connectivity index (χ3v) is 3.82. The number of pyridine rings is 1. The second kappa shape index (κ2) is 5.49. The van der Waals surface area contributed by atoms with Crippen LogP contribution in [-0.4, -0.2) is 14.3 Å². The van der Waals surface area contributed by atoms with Crippen LogP contribution in [0.4, 0.5) is 5.69 Å². The maximum atomic E-state index is 10.6. The van der Waals surface area contributed by atoms with Gasteiger partial charge in [-0.15, -0.1) is 0 Å². The van der Waals surface area contributed by atoms with Crippen LogP contribution in [0.15, 0.2) is 53.3 Å². The standard InChI is InChI=1S/C15H10BrN3O2/c16-15-13(17-14-3-1-2-10-18(14)15)9-6-11-4-7-12(8-5-11)19(20)21/h1-10H. The molecule has 5 nitrogen and oxygen atoms in total. The molecule has 0 aliphatic carbocycles. The van der Waals surface area contributed by atoms with Gasteiger partial charge < -0.3 is 0 Å². The topological polar surface area (TPSA) is 60.4 Å². The molecule has 1 aromatic carbocycles. The molecule has 21 heavy (non-hydrogen) atoms. The van der Waals surface area contributed by atoms with E-state index in [0.717, 1.165) is 21.5 Å². The Balaban J connectivity index is 1.90. The zero-order chi connectivity index (χ0) is 14.8. The minimum atomic E-state index is -0.411. The number of imidazole rings is 1. The predicted octanol–water partition coefficient (Wildman–Crippen LogP) is 4.18. The van der Waals surface area contributed by atoms with E-state index in [1.165, 1.54) is 12.1 Å². The summed E-state index contributed by atoms with van der Waals surface area (Å²) in [6.07, 6.45) is 5.67. The number of non-ortho nitro benzene ring substituents is 1. The molecule has 0 saturated heterocycles. The minimum absolute atomic E-state index is 0.0843. The molecule has 0 bridgehead atoms. The number of hydrogen-bond donors (Lipinski definition) is 0. The monoisotopic (exact) mass is 343 g/mol. The fraction of sp³-hybridized carbons (Fsp3) is 0. The molecule has 0 radical (unpaired) electrons. The Bertz CT molecular complexity index is 838. The highest BCUT2D eigenvalue weighted by Crippen LogP contribution is 2.21. The molecule has 2 aromatic heterocycles. The molecule has 0 atom stereocenters. The highest BCUT2D eigenvalue weighted by molar-refractivity contribution is 9.10. The van der Waals surface area contributed by atoms with E-state index >= 15 is 0 Å². The number of hydrogen-bond acceptors (Lipinski definition) is 3. The predicted molar refractivity (Wildman–Crippen MR) is 84.9 cm³/mol. The van der Waals surface area contributed by atoms with Crippen LogP contribution in [0.3, 0.4) is 0 Å². The largest absolute Gasteiger partial charge is 0.294 e. The Kier molecular flexibility index (Phi) is 3.53. The normalized spacial score (nSPS) is 11.3. The molecule has 2 heterocycles. The van der Waals surface area contributed by atoms with Crippen molar-refractivity contribution in [2.24, 2.45) is 0 Å². The van der Waals surface area contributed by atoms with Gasteiger partial charge >= 0.3 is 0 Å². The van der Waals surface area contributed by atoms with Gasteiger partial charge in [-0.05, 0) is 51.8 Å². The molecular weight excluding hydrogens is 334 g/mol. The van der Waals surface area contributed by atoms with Crippen molar-refractivity contribution in [1.82, 2.24) is 9.38 Å². The van der Waals surface area contributed by atoms with Crippen molar-refractivity contribution in [2.75, 3.05) is 0 Å². The van der Waals surface area contributed by atoms with Crippen molar-refractivity contribution in [1.29, 1.82) is 0 Å². The first-order valence-electron chi connectivity index (χ1n) is 6.20. The quantitative estimate of drug-likeness (QED) is 0.529. The zero-order valence-electron chi connectivity index (χ0n) is 10.8. The highest BCUT2D eigenvalue weighted by Gasteiger charge is 2.06. The molecule has 3 rings (SSSR count). The van der Waals surface area contributed by atoms with Crippen molar-refractivity contribution in [2.45, 2.75) is 0 Å². The number of benzene rings is 1. The van der Waals surface area contributed by atoms with Crippen LogP contribution in [0.1, 0.15) is 11.3 Å². The van der Waals surface area contributed by atoms with Crippen LogP contribution in [0.2, 0.25) is 0 Å². The van der Waals surface area contributed by atoms with E-state index in [2.05, 4.69) is 20.9 Å². The van der Waals surface area contributed by atoms with Crippen molar-refractivity contribution in [3.8, 4) is 0 Å². The van der Waals surface area contributed by atoms with Crippen molar-refractivity contribution in [3.63, 3.8) is 0 Å². The number of halogens is 1. The number of nitrogens with zero attached hydrogens (tertiary/aromatic N) is 3. The van der Waals surface area contributed by atoms with Gasteiger partial charge in [0.1, 0.15) is 10.3 Å². The maximum Gasteiger partial charge on any atom is 0.269 e. The van der Waals surface area contributed by atoms with Gasteiger partial charge in [0.2, 0.25) is 0 Å². The Hall–Kier alpha value is -2.47. The molecule has 0 unspecified atom stereocenters. The Morgan fingerprint density at radius 3 is 2.57 bits per heavy atom. The van der Waals surface area contributed by atoms with E-state index < -0.39 is 4.92 Å². The molecule has 3 aromatic rings. The fourth-order valence-corrected chi connectivity index (χ4v) is 2.49. The smallest absolute Gasteiger partial charge is 0.269 e. The number of aromatic nitrogens is 2. The molecule has 6 heteroatoms. The van der Waals surface area contributed by atoms with E-state index in [1.54, 1.807) is 12.1 Å². The Morgan fingerprint density at radius 2 is 1.90 bits per heavy atom. The summed E-state index contributed by atoms with van der Waals surface area (Å²) in [5, 5.41) is 10.6. The van der Waals surface area contributed by atoms with Gasteiger partial charge in [-0.1, -0.05) is 12.1 Å². The van der Waals surface area contributed by atoms with E-state index in [4.69, 9.17) is 0 Å². The molecule has 0 aliphatic heterocycles. The molecular formula is C15H10BrN3O2. The van der Waals surface area contributed by atoms with E-state index in [9.17, 15) is 10.1 Å². The molecule has 0 saturated carbocycles. The molecule has 0 amide bonds. The van der Waals surface area contributed by atoms with Gasteiger partial charge in [0.25, 0.3) is 5.69 Å². The fourth-order valence-electron chi connectivity index (χ4n) is 1.97. The van der Waals surface area contributed by atoms with Crippen LogP contribution < -0.4 is 0 Å². The summed E-state index contributed by atoms with van der Waals surface area (Å²) in [7, 11) is 0. The SMILES string of the molecule is O=[N+]([O-])c1ccc(C=Cc2nc3ccccn3c2Br)cc1. The average Bonchev–Trinajstić information content (AvgIpc) is 2.82. The van der Waals surface area contributed by atoms with Crippen molar-refractivity contribution >= 4 is 39.4 Å². The third-order valence-electron chi connectivity index (χ3n) is 3.03. The van der Waals surface area contributed by atoms with Crippen LogP contribution in [0, 0.1) is 10.1 Å². The van der Waals surface area contributed by atoms with Crippen LogP contribution in [0.25, 0.3) is 17.8 Å². The summed E-state index contributed by atoms with van der Waals surface area (Å²) in [5.41, 5.74) is 2.62. The lowest BCUT2D eigenvalue weighted by Gasteiger charge is -1.94. The number of nitro benzene ring substituents is 1. The van der Waals surface area contributed by atoms with Gasteiger partial charge in [-0.25, -0.2) is 4.98 Å². The summed E-state index contributed by atoms with van der Waals surface area (Å²) >= 11 is 3.52. The minimum Gasteiger partial charge on any atom is -0.294 e. The zero-order valence-corrected chi connectivity index (χ0v) is 12.4. The first-order valence-corrected chi connectivity index (χ1v) is 6.99.